The molecule has 0 radical (unpaired) electrons. The second-order valence-corrected chi connectivity index (χ2v) is 7.19. The number of hydrogen-bond acceptors (Lipinski definition) is 5. The predicted molar refractivity (Wildman–Crippen MR) is 94.9 cm³/mol. The maximum Gasteiger partial charge on any atom is 0.490 e. The molecule has 0 aromatic carbocycles. The Labute approximate surface area is 162 Å². The zero-order chi connectivity index (χ0) is 20.8. The molecule has 0 amide bonds. The van der Waals surface area contributed by atoms with Gasteiger partial charge >= 0.3 is 12.1 Å². The summed E-state index contributed by atoms with van der Waals surface area (Å²) in [5.74, 6) is -0.168. The molecule has 1 aliphatic carbocycles. The molecule has 160 valence electrons. The lowest BCUT2D eigenvalue weighted by Crippen LogP contribution is -2.54. The van der Waals surface area contributed by atoms with E-state index in [0.29, 0.717) is 5.92 Å². The predicted octanol–water partition coefficient (Wildman–Crippen LogP) is 3.63. The molecule has 1 aromatic rings. The van der Waals surface area contributed by atoms with Gasteiger partial charge in [0, 0.05) is 25.6 Å². The molecule has 1 N–H and O–H groups in total. The van der Waals surface area contributed by atoms with Gasteiger partial charge in [0.1, 0.15) is 11.5 Å². The summed E-state index contributed by atoms with van der Waals surface area (Å²) in [6.07, 6.45) is -1.43. The minimum atomic E-state index is -5.08. The minimum Gasteiger partial charge on any atom is -0.475 e. The van der Waals surface area contributed by atoms with Crippen LogP contribution in [0.25, 0.3) is 0 Å². The van der Waals surface area contributed by atoms with E-state index in [4.69, 9.17) is 23.8 Å². The van der Waals surface area contributed by atoms with E-state index in [2.05, 4.69) is 17.9 Å². The first-order chi connectivity index (χ1) is 13.2. The number of furan rings is 1. The highest BCUT2D eigenvalue weighted by molar-refractivity contribution is 5.73. The number of ether oxygens (including phenoxy) is 2. The first-order valence-electron chi connectivity index (χ1n) is 9.46. The summed E-state index contributed by atoms with van der Waals surface area (Å²) >= 11 is 0. The Morgan fingerprint density at radius 3 is 2.71 bits per heavy atom. The number of carboxylic acid groups (broad SMARTS) is 1. The van der Waals surface area contributed by atoms with Crippen molar-refractivity contribution < 1.29 is 37.0 Å². The molecule has 1 saturated carbocycles. The van der Waals surface area contributed by atoms with Crippen LogP contribution in [0.15, 0.2) is 16.5 Å². The van der Waals surface area contributed by atoms with E-state index >= 15 is 0 Å². The molecule has 1 spiro atoms. The van der Waals surface area contributed by atoms with Crippen molar-refractivity contribution in [1.29, 1.82) is 0 Å². The number of halogens is 3. The summed E-state index contributed by atoms with van der Waals surface area (Å²) in [5.41, 5.74) is 0.00899. The molecule has 2 heterocycles. The van der Waals surface area contributed by atoms with E-state index in [-0.39, 0.29) is 5.60 Å². The van der Waals surface area contributed by atoms with Gasteiger partial charge in [0.15, 0.2) is 0 Å². The zero-order valence-corrected chi connectivity index (χ0v) is 16.3. The molecule has 2 fully saturated rings. The number of aliphatic carboxylic acids is 1. The normalized spacial score (nSPS) is 25.5. The van der Waals surface area contributed by atoms with E-state index in [9.17, 15) is 13.2 Å². The average Bonchev–Trinajstić information content (AvgIpc) is 3.19. The number of rotatable bonds is 5. The number of nitrogens with zero attached hydrogens (tertiary/aromatic N) is 1. The lowest BCUT2D eigenvalue weighted by atomic mass is 9.89. The lowest BCUT2D eigenvalue weighted by molar-refractivity contribution is -0.192. The second kappa shape index (κ2) is 9.76. The van der Waals surface area contributed by atoms with Crippen molar-refractivity contribution in [3.63, 3.8) is 0 Å². The minimum absolute atomic E-state index is 0.00899. The van der Waals surface area contributed by atoms with Gasteiger partial charge in [-0.05, 0) is 38.8 Å². The highest BCUT2D eigenvalue weighted by Gasteiger charge is 2.47. The van der Waals surface area contributed by atoms with Gasteiger partial charge < -0.3 is 19.0 Å². The number of carboxylic acids is 1. The van der Waals surface area contributed by atoms with Crippen molar-refractivity contribution in [2.24, 2.45) is 5.92 Å². The summed E-state index contributed by atoms with van der Waals surface area (Å²) in [5, 5.41) is 7.12. The fraction of sp³-hybridized carbons (Fsp3) is 0.737. The highest BCUT2D eigenvalue weighted by atomic mass is 19.4. The molecule has 0 bridgehead atoms. The Morgan fingerprint density at radius 2 is 2.14 bits per heavy atom. The third-order valence-corrected chi connectivity index (χ3v) is 5.13. The molecule has 1 aliphatic heterocycles. The van der Waals surface area contributed by atoms with Crippen molar-refractivity contribution in [1.82, 2.24) is 4.90 Å². The quantitative estimate of drug-likeness (QED) is 0.804. The molecular formula is C19H28F3NO5. The lowest BCUT2D eigenvalue weighted by Gasteiger charge is -2.43. The van der Waals surface area contributed by atoms with Crippen LogP contribution in [0.4, 0.5) is 13.2 Å². The molecular weight excluding hydrogens is 379 g/mol. The van der Waals surface area contributed by atoms with Gasteiger partial charge in [-0.15, -0.1) is 0 Å². The van der Waals surface area contributed by atoms with Crippen molar-refractivity contribution in [3.8, 4) is 0 Å². The third-order valence-electron chi connectivity index (χ3n) is 5.13. The van der Waals surface area contributed by atoms with Crippen LogP contribution in [0.5, 0.6) is 0 Å². The SMILES string of the molecule is CCOC[C@H]1CCC[C@]12CN(Cc1ccc(C)o1)CCO2.O=C(O)C(F)(F)F. The van der Waals surface area contributed by atoms with E-state index in [0.717, 1.165) is 51.0 Å². The van der Waals surface area contributed by atoms with E-state index in [1.807, 2.05) is 13.0 Å². The van der Waals surface area contributed by atoms with Crippen LogP contribution in [-0.4, -0.2) is 60.7 Å². The van der Waals surface area contributed by atoms with Crippen molar-refractivity contribution in [2.75, 3.05) is 32.9 Å². The molecule has 0 unspecified atom stereocenters. The number of hydrogen-bond donors (Lipinski definition) is 1. The first kappa shape index (κ1) is 22.7. The van der Waals surface area contributed by atoms with E-state index < -0.39 is 12.1 Å². The second-order valence-electron chi connectivity index (χ2n) is 7.19. The number of alkyl halides is 3. The third kappa shape index (κ3) is 6.22. The van der Waals surface area contributed by atoms with Gasteiger partial charge in [-0.2, -0.15) is 13.2 Å². The number of aryl methyl sites for hydroxylation is 1. The molecule has 1 saturated heterocycles. The number of morpholine rings is 1. The molecule has 9 heteroatoms. The molecule has 2 aliphatic rings. The van der Waals surface area contributed by atoms with Crippen LogP contribution in [0.1, 0.15) is 37.7 Å². The zero-order valence-electron chi connectivity index (χ0n) is 16.3. The topological polar surface area (TPSA) is 72.1 Å². The molecule has 2 atom stereocenters. The Bertz CT molecular complexity index is 633. The maximum atomic E-state index is 10.6. The van der Waals surface area contributed by atoms with Crippen molar-refractivity contribution in [3.05, 3.63) is 23.7 Å². The van der Waals surface area contributed by atoms with Crippen LogP contribution in [0, 0.1) is 12.8 Å². The average molecular weight is 407 g/mol. The van der Waals surface area contributed by atoms with Gasteiger partial charge in [0.05, 0.1) is 25.4 Å². The smallest absolute Gasteiger partial charge is 0.475 e. The first-order valence-corrected chi connectivity index (χ1v) is 9.46. The van der Waals surface area contributed by atoms with Crippen LogP contribution in [0.2, 0.25) is 0 Å². The molecule has 3 rings (SSSR count). The Hall–Kier alpha value is -1.58. The van der Waals surface area contributed by atoms with Gasteiger partial charge in [0.2, 0.25) is 0 Å². The maximum absolute atomic E-state index is 10.6. The van der Waals surface area contributed by atoms with Crippen LogP contribution >= 0.6 is 0 Å². The van der Waals surface area contributed by atoms with Crippen LogP contribution in [-0.2, 0) is 20.8 Å². The summed E-state index contributed by atoms with van der Waals surface area (Å²) in [7, 11) is 0. The van der Waals surface area contributed by atoms with Crippen LogP contribution < -0.4 is 0 Å². The van der Waals surface area contributed by atoms with E-state index in [1.54, 1.807) is 0 Å². The summed E-state index contributed by atoms with van der Waals surface area (Å²) < 4.78 is 49.4. The molecule has 28 heavy (non-hydrogen) atoms. The fourth-order valence-corrected chi connectivity index (χ4v) is 3.82. The fourth-order valence-electron chi connectivity index (χ4n) is 3.82. The van der Waals surface area contributed by atoms with E-state index in [1.165, 1.54) is 19.3 Å². The Morgan fingerprint density at radius 1 is 1.43 bits per heavy atom. The molecule has 6 nitrogen and oxygen atoms in total. The summed E-state index contributed by atoms with van der Waals surface area (Å²) in [4.78, 5) is 11.4. The monoisotopic (exact) mass is 407 g/mol. The van der Waals surface area contributed by atoms with Crippen LogP contribution in [0.3, 0.4) is 0 Å². The summed E-state index contributed by atoms with van der Waals surface area (Å²) in [6, 6.07) is 4.13. The molecule has 1 aromatic heterocycles. The van der Waals surface area contributed by atoms with Crippen molar-refractivity contribution in [2.45, 2.75) is 51.4 Å². The Balaban J connectivity index is 0.000000345. The summed E-state index contributed by atoms with van der Waals surface area (Å²) in [6.45, 7) is 9.40. The van der Waals surface area contributed by atoms with Crippen molar-refractivity contribution >= 4 is 5.97 Å². The Kier molecular flexibility index (Phi) is 7.91. The van der Waals surface area contributed by atoms with Gasteiger partial charge in [0.25, 0.3) is 0 Å². The highest BCUT2D eigenvalue weighted by Crippen LogP contribution is 2.41. The van der Waals surface area contributed by atoms with Gasteiger partial charge in [-0.3, -0.25) is 4.90 Å². The number of carbonyl (C=O) groups is 1. The van der Waals surface area contributed by atoms with Gasteiger partial charge in [-0.25, -0.2) is 4.79 Å². The standard InChI is InChI=1S/C17H27NO3.C2HF3O2/c1-3-19-12-15-5-4-8-17(15)13-18(9-10-20-17)11-16-7-6-14(2)21-16;3-2(4,5)1(6)7/h6-7,15H,3-5,8-13H2,1-2H3;(H,6,7)/t15-,17+;/m1./s1. The largest absolute Gasteiger partial charge is 0.490 e. The van der Waals surface area contributed by atoms with Gasteiger partial charge in [-0.1, -0.05) is 6.42 Å².